The molecule has 0 radical (unpaired) electrons. The van der Waals surface area contributed by atoms with Gasteiger partial charge >= 0.3 is 5.97 Å². The number of nitrogens with one attached hydrogen (secondary N) is 1. The van der Waals surface area contributed by atoms with Gasteiger partial charge in [0.05, 0.1) is 18.2 Å². The molecule has 0 atom stereocenters. The third-order valence-corrected chi connectivity index (χ3v) is 3.64. The Hall–Kier alpha value is -3.14. The third-order valence-electron chi connectivity index (χ3n) is 2.74. The van der Waals surface area contributed by atoms with Crippen LogP contribution in [-0.4, -0.2) is 42.9 Å². The summed E-state index contributed by atoms with van der Waals surface area (Å²) in [7, 11) is 1.22. The van der Waals surface area contributed by atoms with Gasteiger partial charge in [0.15, 0.2) is 11.8 Å². The topological polar surface area (TPSA) is 132 Å². The highest BCUT2D eigenvalue weighted by atomic mass is 32.2. The van der Waals surface area contributed by atoms with E-state index in [1.165, 1.54) is 13.3 Å². The van der Waals surface area contributed by atoms with Gasteiger partial charge in [-0.1, -0.05) is 12.1 Å². The maximum atomic E-state index is 11.7. The predicted octanol–water partition coefficient (Wildman–Crippen LogP) is 0.160. The molecule has 1 aromatic carbocycles. The van der Waals surface area contributed by atoms with Gasteiger partial charge in [0.2, 0.25) is 0 Å². The number of primary amides is 1. The highest BCUT2D eigenvalue weighted by Crippen LogP contribution is 2.23. The quantitative estimate of drug-likeness (QED) is 0.321. The van der Waals surface area contributed by atoms with Crippen molar-refractivity contribution < 1.29 is 23.9 Å². The van der Waals surface area contributed by atoms with E-state index >= 15 is 0 Å². The molecular formula is C15H14N4O5S. The minimum absolute atomic E-state index is 0.158. The molecule has 2 rings (SSSR count). The number of benzene rings is 1. The average Bonchev–Trinajstić information content (AvgIpc) is 2.93. The van der Waals surface area contributed by atoms with E-state index in [9.17, 15) is 14.4 Å². The second-order valence-corrected chi connectivity index (χ2v) is 5.56. The molecule has 1 aliphatic heterocycles. The number of methoxy groups -OCH3 is 1. The molecule has 0 saturated carbocycles. The first-order valence-corrected chi connectivity index (χ1v) is 7.71. The van der Waals surface area contributed by atoms with Crippen molar-refractivity contribution in [1.29, 1.82) is 0 Å². The molecule has 25 heavy (non-hydrogen) atoms. The number of hydrogen-bond acceptors (Lipinski definition) is 8. The zero-order valence-corrected chi connectivity index (χ0v) is 13.9. The van der Waals surface area contributed by atoms with Gasteiger partial charge in [-0.25, -0.2) is 4.79 Å². The average molecular weight is 362 g/mol. The molecule has 0 aliphatic carbocycles. The summed E-state index contributed by atoms with van der Waals surface area (Å²) in [5, 5.41) is 10.4. The maximum absolute atomic E-state index is 11.7. The van der Waals surface area contributed by atoms with Crippen molar-refractivity contribution in [1.82, 2.24) is 5.32 Å². The molecule has 1 saturated heterocycles. The standard InChI is InChI=1S/C15H14N4O5S/c1-23-13(21)6-11-14(22)18-15(25-11)19-17-7-9-4-2-3-5-10(9)24-8-12(16)20/h2-7H,8H2,1H3,(H2,16,20)(H,18,19,22)/b11-6+,17-7?. The van der Waals surface area contributed by atoms with Crippen LogP contribution < -0.4 is 15.8 Å². The van der Waals surface area contributed by atoms with Gasteiger partial charge in [-0.2, -0.15) is 5.10 Å². The highest BCUT2D eigenvalue weighted by Gasteiger charge is 2.24. The van der Waals surface area contributed by atoms with E-state index in [0.29, 0.717) is 11.3 Å². The largest absolute Gasteiger partial charge is 0.483 e. The van der Waals surface area contributed by atoms with Crippen molar-refractivity contribution in [2.45, 2.75) is 0 Å². The lowest BCUT2D eigenvalue weighted by molar-refractivity contribution is -0.135. The second-order valence-electron chi connectivity index (χ2n) is 4.53. The Morgan fingerprint density at radius 2 is 2.12 bits per heavy atom. The lowest BCUT2D eigenvalue weighted by atomic mass is 10.2. The zero-order valence-electron chi connectivity index (χ0n) is 13.1. The summed E-state index contributed by atoms with van der Waals surface area (Å²) >= 11 is 0.959. The smallest absolute Gasteiger partial charge is 0.331 e. The summed E-state index contributed by atoms with van der Waals surface area (Å²) in [6.07, 6.45) is 2.47. The molecule has 2 amide bonds. The number of amidine groups is 1. The summed E-state index contributed by atoms with van der Waals surface area (Å²) in [6.45, 7) is -0.257. The molecule has 1 heterocycles. The molecule has 0 aromatic heterocycles. The molecule has 0 unspecified atom stereocenters. The normalized spacial score (nSPS) is 17.1. The van der Waals surface area contributed by atoms with E-state index in [4.69, 9.17) is 10.5 Å². The van der Waals surface area contributed by atoms with Crippen LogP contribution in [0, 0.1) is 0 Å². The minimum atomic E-state index is -0.636. The molecule has 1 aromatic rings. The number of thioether (sulfide) groups is 1. The zero-order chi connectivity index (χ0) is 18.2. The number of para-hydroxylation sites is 1. The Kier molecular flexibility index (Phi) is 6.29. The lowest BCUT2D eigenvalue weighted by Gasteiger charge is -2.05. The summed E-state index contributed by atoms with van der Waals surface area (Å²) in [5.74, 6) is -1.28. The Labute approximate surface area is 147 Å². The van der Waals surface area contributed by atoms with Gasteiger partial charge in [0.1, 0.15) is 5.75 Å². The van der Waals surface area contributed by atoms with Crippen LogP contribution in [0.1, 0.15) is 5.56 Å². The van der Waals surface area contributed by atoms with E-state index in [2.05, 4.69) is 20.3 Å². The fourth-order valence-corrected chi connectivity index (χ4v) is 2.39. The summed E-state index contributed by atoms with van der Waals surface area (Å²) in [6, 6.07) is 6.86. The maximum Gasteiger partial charge on any atom is 0.331 e. The monoisotopic (exact) mass is 362 g/mol. The first-order chi connectivity index (χ1) is 12.0. The number of hydrogen-bond donors (Lipinski definition) is 2. The van der Waals surface area contributed by atoms with E-state index in [-0.39, 0.29) is 16.7 Å². The van der Waals surface area contributed by atoms with Crippen molar-refractivity contribution in [2.24, 2.45) is 15.9 Å². The van der Waals surface area contributed by atoms with Crippen molar-refractivity contribution in [2.75, 3.05) is 13.7 Å². The first kappa shape index (κ1) is 18.2. The van der Waals surface area contributed by atoms with E-state index in [1.807, 2.05) is 0 Å². The molecule has 1 aliphatic rings. The molecular weight excluding hydrogens is 348 g/mol. The summed E-state index contributed by atoms with van der Waals surface area (Å²) in [5.41, 5.74) is 5.62. The molecule has 0 spiro atoms. The van der Waals surface area contributed by atoms with Crippen LogP contribution in [0.2, 0.25) is 0 Å². The highest BCUT2D eigenvalue weighted by molar-refractivity contribution is 8.18. The fourth-order valence-electron chi connectivity index (χ4n) is 1.65. The van der Waals surface area contributed by atoms with Crippen molar-refractivity contribution in [3.63, 3.8) is 0 Å². The van der Waals surface area contributed by atoms with Crippen LogP contribution in [0.25, 0.3) is 0 Å². The molecule has 9 nitrogen and oxygen atoms in total. The number of nitrogens with zero attached hydrogens (tertiary/aromatic N) is 2. The van der Waals surface area contributed by atoms with Crippen LogP contribution in [0.15, 0.2) is 45.4 Å². The van der Waals surface area contributed by atoms with Crippen LogP contribution in [0.4, 0.5) is 0 Å². The Morgan fingerprint density at radius 1 is 1.36 bits per heavy atom. The van der Waals surface area contributed by atoms with Gasteiger partial charge in [-0.3, -0.25) is 14.9 Å². The molecule has 10 heteroatoms. The van der Waals surface area contributed by atoms with Crippen molar-refractivity contribution in [3.05, 3.63) is 40.8 Å². The number of esters is 1. The SMILES string of the molecule is COC(=O)/C=C1/S/C(=N\N=Cc2ccccc2OCC(N)=O)NC1=O. The van der Waals surface area contributed by atoms with Crippen molar-refractivity contribution in [3.8, 4) is 5.75 Å². The Morgan fingerprint density at radius 3 is 2.84 bits per heavy atom. The van der Waals surface area contributed by atoms with Crippen LogP contribution in [0.5, 0.6) is 5.75 Å². The minimum Gasteiger partial charge on any atom is -0.483 e. The third kappa shape index (κ3) is 5.46. The van der Waals surface area contributed by atoms with Crippen LogP contribution in [0.3, 0.4) is 0 Å². The first-order valence-electron chi connectivity index (χ1n) is 6.89. The molecule has 3 N–H and O–H groups in total. The van der Waals surface area contributed by atoms with Gasteiger partial charge in [0.25, 0.3) is 11.8 Å². The van der Waals surface area contributed by atoms with E-state index in [1.54, 1.807) is 24.3 Å². The summed E-state index contributed by atoms with van der Waals surface area (Å²) < 4.78 is 9.72. The van der Waals surface area contributed by atoms with Crippen LogP contribution in [-0.2, 0) is 19.1 Å². The number of ether oxygens (including phenoxy) is 2. The predicted molar refractivity (Wildman–Crippen MR) is 92.0 cm³/mol. The number of rotatable bonds is 6. The molecule has 130 valence electrons. The van der Waals surface area contributed by atoms with Gasteiger partial charge in [-0.05, 0) is 23.9 Å². The Balaban J connectivity index is 2.07. The second kappa shape index (κ2) is 8.64. The Bertz CT molecular complexity index is 788. The number of amides is 2. The fraction of sp³-hybridized carbons (Fsp3) is 0.133. The summed E-state index contributed by atoms with van der Waals surface area (Å²) in [4.78, 5) is 33.8. The number of carbonyl (C=O) groups is 3. The molecule has 0 bridgehead atoms. The number of carbonyl (C=O) groups excluding carboxylic acids is 3. The van der Waals surface area contributed by atoms with E-state index < -0.39 is 17.8 Å². The van der Waals surface area contributed by atoms with Gasteiger partial charge in [-0.15, -0.1) is 5.10 Å². The van der Waals surface area contributed by atoms with Gasteiger partial charge in [0, 0.05) is 11.6 Å². The number of nitrogens with two attached hydrogens (primary N) is 1. The van der Waals surface area contributed by atoms with E-state index in [0.717, 1.165) is 17.8 Å². The van der Waals surface area contributed by atoms with Crippen LogP contribution >= 0.6 is 11.8 Å². The van der Waals surface area contributed by atoms with Crippen molar-refractivity contribution >= 4 is 40.9 Å². The molecule has 1 fully saturated rings. The lowest BCUT2D eigenvalue weighted by Crippen LogP contribution is -2.20. The van der Waals surface area contributed by atoms with Gasteiger partial charge < -0.3 is 15.2 Å².